The normalized spacial score (nSPS) is 15.5. The van der Waals surface area contributed by atoms with Crippen molar-refractivity contribution in [3.05, 3.63) is 70.4 Å². The molecule has 0 spiro atoms. The van der Waals surface area contributed by atoms with Crippen LogP contribution in [0.2, 0.25) is 0 Å². The van der Waals surface area contributed by atoms with E-state index in [0.717, 1.165) is 33.8 Å². The van der Waals surface area contributed by atoms with Gasteiger partial charge in [-0.3, -0.25) is 9.59 Å². The second kappa shape index (κ2) is 7.78. The number of nitrogens with one attached hydrogen (secondary N) is 1. The summed E-state index contributed by atoms with van der Waals surface area (Å²) in [5, 5.41) is 7.62. The van der Waals surface area contributed by atoms with E-state index in [1.165, 1.54) is 0 Å². The molecule has 0 fully saturated rings. The minimum Gasteiger partial charge on any atom is -0.494 e. The summed E-state index contributed by atoms with van der Waals surface area (Å²) in [5.74, 6) is 0.469. The topological polar surface area (TPSA) is 73.2 Å². The lowest BCUT2D eigenvalue weighted by atomic mass is 9.85. The predicted molar refractivity (Wildman–Crippen MR) is 116 cm³/mol. The second-order valence-corrected chi connectivity index (χ2v) is 7.68. The molecular formula is C24H25N3O3. The molecule has 6 heteroatoms. The van der Waals surface area contributed by atoms with Crippen molar-refractivity contribution in [3.63, 3.8) is 0 Å². The molecule has 1 aliphatic heterocycles. The van der Waals surface area contributed by atoms with E-state index in [9.17, 15) is 9.59 Å². The van der Waals surface area contributed by atoms with Gasteiger partial charge < -0.3 is 10.1 Å². The van der Waals surface area contributed by atoms with Crippen LogP contribution in [0.5, 0.6) is 5.75 Å². The van der Waals surface area contributed by atoms with Gasteiger partial charge in [0.25, 0.3) is 0 Å². The van der Waals surface area contributed by atoms with Crippen LogP contribution in [0.3, 0.4) is 0 Å². The number of rotatable bonds is 5. The van der Waals surface area contributed by atoms with Gasteiger partial charge in [-0.15, -0.1) is 0 Å². The number of fused-ring (bicyclic) bond motifs is 1. The number of anilines is 1. The Morgan fingerprint density at radius 1 is 1.17 bits per heavy atom. The molecule has 1 amide bonds. The molecule has 154 valence electrons. The van der Waals surface area contributed by atoms with Gasteiger partial charge in [0.2, 0.25) is 5.91 Å². The first kappa shape index (κ1) is 19.9. The third-order valence-electron chi connectivity index (χ3n) is 5.45. The lowest BCUT2D eigenvalue weighted by Gasteiger charge is -2.23. The maximum absolute atomic E-state index is 13.3. The highest BCUT2D eigenvalue weighted by Gasteiger charge is 2.36. The molecule has 0 unspecified atom stereocenters. The Morgan fingerprint density at radius 3 is 2.57 bits per heavy atom. The number of hydrogen-bond acceptors (Lipinski definition) is 4. The molecule has 0 saturated carbocycles. The minimum atomic E-state index is -0.564. The number of ketones is 1. The highest BCUT2D eigenvalue weighted by Crippen LogP contribution is 2.38. The SMILES string of the molecule is CCOc1ccc(C(=O)[C@@H]2CC(=O)Nc3c2c(C)nn3-c2ccc(C)cc2C)cc1. The summed E-state index contributed by atoms with van der Waals surface area (Å²) >= 11 is 0. The lowest BCUT2D eigenvalue weighted by molar-refractivity contribution is -0.116. The van der Waals surface area contributed by atoms with E-state index in [0.29, 0.717) is 18.0 Å². The van der Waals surface area contributed by atoms with E-state index in [1.54, 1.807) is 28.9 Å². The first-order chi connectivity index (χ1) is 14.4. The summed E-state index contributed by atoms with van der Waals surface area (Å²) in [5.41, 5.74) is 5.18. The molecule has 1 N–H and O–H groups in total. The smallest absolute Gasteiger partial charge is 0.226 e. The van der Waals surface area contributed by atoms with E-state index in [2.05, 4.69) is 16.5 Å². The second-order valence-electron chi connectivity index (χ2n) is 7.68. The van der Waals surface area contributed by atoms with Gasteiger partial charge in [0, 0.05) is 17.5 Å². The Kier molecular flexibility index (Phi) is 5.16. The summed E-state index contributed by atoms with van der Waals surface area (Å²) in [6, 6.07) is 13.2. The largest absolute Gasteiger partial charge is 0.494 e. The van der Waals surface area contributed by atoms with Crippen LogP contribution in [0, 0.1) is 20.8 Å². The zero-order chi connectivity index (χ0) is 21.4. The van der Waals surface area contributed by atoms with Gasteiger partial charge in [0.15, 0.2) is 5.78 Å². The van der Waals surface area contributed by atoms with Crippen molar-refractivity contribution >= 4 is 17.5 Å². The van der Waals surface area contributed by atoms with Crippen molar-refractivity contribution < 1.29 is 14.3 Å². The minimum absolute atomic E-state index is 0.0857. The van der Waals surface area contributed by atoms with E-state index in [-0.39, 0.29) is 18.1 Å². The Balaban J connectivity index is 1.76. The van der Waals surface area contributed by atoms with Crippen LogP contribution in [0.4, 0.5) is 5.82 Å². The zero-order valence-electron chi connectivity index (χ0n) is 17.7. The van der Waals surface area contributed by atoms with Crippen LogP contribution in [0.1, 0.15) is 52.0 Å². The lowest BCUT2D eigenvalue weighted by Crippen LogP contribution is -2.28. The number of Topliss-reactive ketones (excluding diaryl/α,β-unsaturated/α-hetero) is 1. The van der Waals surface area contributed by atoms with Gasteiger partial charge in [-0.25, -0.2) is 4.68 Å². The average molecular weight is 403 g/mol. The molecule has 0 bridgehead atoms. The number of amides is 1. The van der Waals surface area contributed by atoms with Gasteiger partial charge in [0.1, 0.15) is 11.6 Å². The number of ether oxygens (including phenoxy) is 1. The number of benzene rings is 2. The van der Waals surface area contributed by atoms with Crippen LogP contribution < -0.4 is 10.1 Å². The van der Waals surface area contributed by atoms with Crippen LogP contribution in [-0.2, 0) is 4.79 Å². The number of carbonyl (C=O) groups excluding carboxylic acids is 2. The summed E-state index contributed by atoms with van der Waals surface area (Å²) in [4.78, 5) is 25.8. The molecule has 6 nitrogen and oxygen atoms in total. The molecule has 1 atom stereocenters. The Morgan fingerprint density at radius 2 is 1.90 bits per heavy atom. The molecular weight excluding hydrogens is 378 g/mol. The van der Waals surface area contributed by atoms with Gasteiger partial charge in [-0.1, -0.05) is 17.7 Å². The fraction of sp³-hybridized carbons (Fsp3) is 0.292. The molecule has 1 aromatic heterocycles. The first-order valence-corrected chi connectivity index (χ1v) is 10.1. The molecule has 1 aliphatic rings. The number of nitrogens with zero attached hydrogens (tertiary/aromatic N) is 2. The zero-order valence-corrected chi connectivity index (χ0v) is 17.7. The van der Waals surface area contributed by atoms with Crippen molar-refractivity contribution in [1.29, 1.82) is 0 Å². The third-order valence-corrected chi connectivity index (χ3v) is 5.45. The Hall–Kier alpha value is -3.41. The average Bonchev–Trinajstić information content (AvgIpc) is 3.04. The molecule has 0 aliphatic carbocycles. The summed E-state index contributed by atoms with van der Waals surface area (Å²) in [6.45, 7) is 8.41. The van der Waals surface area contributed by atoms with Gasteiger partial charge in [-0.05, 0) is 63.6 Å². The number of aryl methyl sites for hydroxylation is 3. The Bertz CT molecular complexity index is 1130. The fourth-order valence-electron chi connectivity index (χ4n) is 4.07. The van der Waals surface area contributed by atoms with Crippen molar-refractivity contribution in [3.8, 4) is 11.4 Å². The Labute approximate surface area is 175 Å². The van der Waals surface area contributed by atoms with Crippen molar-refractivity contribution in [2.45, 2.75) is 40.0 Å². The number of carbonyl (C=O) groups is 2. The van der Waals surface area contributed by atoms with Crippen molar-refractivity contribution in [1.82, 2.24) is 9.78 Å². The van der Waals surface area contributed by atoms with Crippen LogP contribution in [-0.4, -0.2) is 28.1 Å². The molecule has 3 aromatic rings. The predicted octanol–water partition coefficient (Wildman–Crippen LogP) is 4.50. The fourth-order valence-corrected chi connectivity index (χ4v) is 4.07. The van der Waals surface area contributed by atoms with E-state index < -0.39 is 5.92 Å². The summed E-state index contributed by atoms with van der Waals surface area (Å²) < 4.78 is 7.21. The van der Waals surface area contributed by atoms with E-state index in [1.807, 2.05) is 39.8 Å². The van der Waals surface area contributed by atoms with Gasteiger partial charge >= 0.3 is 0 Å². The standard InChI is InChI=1S/C24H25N3O3/c1-5-30-18-9-7-17(8-10-18)23(29)19-13-21(28)25-24-22(19)16(4)26-27(24)20-11-6-14(2)12-15(20)3/h6-12,19H,5,13H2,1-4H3,(H,25,28)/t19-/m1/s1. The van der Waals surface area contributed by atoms with E-state index >= 15 is 0 Å². The molecule has 0 saturated heterocycles. The number of aromatic nitrogens is 2. The molecule has 30 heavy (non-hydrogen) atoms. The van der Waals surface area contributed by atoms with Crippen LogP contribution >= 0.6 is 0 Å². The molecule has 0 radical (unpaired) electrons. The quantitative estimate of drug-likeness (QED) is 0.637. The highest BCUT2D eigenvalue weighted by molar-refractivity contribution is 6.08. The first-order valence-electron chi connectivity index (χ1n) is 10.1. The van der Waals surface area contributed by atoms with E-state index in [4.69, 9.17) is 4.74 Å². The molecule has 2 aromatic carbocycles. The third kappa shape index (κ3) is 3.49. The van der Waals surface area contributed by atoms with Crippen molar-refractivity contribution in [2.24, 2.45) is 0 Å². The molecule has 4 rings (SSSR count). The monoisotopic (exact) mass is 403 g/mol. The van der Waals surface area contributed by atoms with Crippen LogP contribution in [0.15, 0.2) is 42.5 Å². The maximum Gasteiger partial charge on any atom is 0.226 e. The summed E-state index contributed by atoms with van der Waals surface area (Å²) in [6.07, 6.45) is 0.110. The van der Waals surface area contributed by atoms with Gasteiger partial charge in [0.05, 0.1) is 23.9 Å². The maximum atomic E-state index is 13.3. The highest BCUT2D eigenvalue weighted by atomic mass is 16.5. The van der Waals surface area contributed by atoms with Gasteiger partial charge in [-0.2, -0.15) is 5.10 Å². The van der Waals surface area contributed by atoms with Crippen molar-refractivity contribution in [2.75, 3.05) is 11.9 Å². The van der Waals surface area contributed by atoms with Crippen LogP contribution in [0.25, 0.3) is 5.69 Å². The number of hydrogen-bond donors (Lipinski definition) is 1. The summed E-state index contributed by atoms with van der Waals surface area (Å²) in [7, 11) is 0. The molecule has 2 heterocycles.